The third-order valence-electron chi connectivity index (χ3n) is 3.81. The summed E-state index contributed by atoms with van der Waals surface area (Å²) in [5, 5.41) is 0. The van der Waals surface area contributed by atoms with Gasteiger partial charge in [0.15, 0.2) is 9.84 Å². The molecule has 2 N–H and O–H groups in total. The lowest BCUT2D eigenvalue weighted by atomic mass is 10.1. The Labute approximate surface area is 120 Å². The SMILES string of the molecule is CN1CCCC1CCOc1cccc(S(C)(=O)=O)c1N. The second-order valence-corrected chi connectivity index (χ2v) is 7.34. The number of ether oxygens (including phenoxy) is 1. The molecule has 1 fully saturated rings. The lowest BCUT2D eigenvalue weighted by Crippen LogP contribution is -2.26. The Morgan fingerprint density at radius 2 is 2.20 bits per heavy atom. The Morgan fingerprint density at radius 3 is 2.80 bits per heavy atom. The van der Waals surface area contributed by atoms with Crippen LogP contribution < -0.4 is 10.5 Å². The number of benzene rings is 1. The lowest BCUT2D eigenvalue weighted by molar-refractivity contribution is 0.234. The molecule has 0 radical (unpaired) electrons. The molecule has 0 aromatic heterocycles. The highest BCUT2D eigenvalue weighted by Crippen LogP contribution is 2.29. The molecule has 1 atom stereocenters. The second kappa shape index (κ2) is 6.01. The second-order valence-electron chi connectivity index (χ2n) is 5.35. The quantitative estimate of drug-likeness (QED) is 0.835. The number of anilines is 1. The van der Waals surface area contributed by atoms with Gasteiger partial charge in [0.25, 0.3) is 0 Å². The summed E-state index contributed by atoms with van der Waals surface area (Å²) in [6.07, 6.45) is 4.50. The fourth-order valence-corrected chi connectivity index (χ4v) is 3.45. The molecule has 1 aromatic carbocycles. The summed E-state index contributed by atoms with van der Waals surface area (Å²) in [7, 11) is -1.20. The Morgan fingerprint density at radius 1 is 1.45 bits per heavy atom. The molecule has 0 aliphatic carbocycles. The van der Waals surface area contributed by atoms with Gasteiger partial charge in [0, 0.05) is 12.3 Å². The molecule has 0 bridgehead atoms. The van der Waals surface area contributed by atoms with E-state index in [-0.39, 0.29) is 10.6 Å². The van der Waals surface area contributed by atoms with E-state index in [0.717, 1.165) is 19.2 Å². The van der Waals surface area contributed by atoms with E-state index in [0.29, 0.717) is 18.4 Å². The fourth-order valence-electron chi connectivity index (χ4n) is 2.62. The molecule has 1 aromatic rings. The summed E-state index contributed by atoms with van der Waals surface area (Å²) in [6, 6.07) is 5.42. The van der Waals surface area contributed by atoms with Crippen molar-refractivity contribution >= 4 is 15.5 Å². The number of nitrogens with two attached hydrogens (primary N) is 1. The standard InChI is InChI=1S/C14H22N2O3S/c1-16-9-4-5-11(16)8-10-19-12-6-3-7-13(14(12)15)20(2,17)18/h3,6-7,11H,4-5,8-10,15H2,1-2H3. The van der Waals surface area contributed by atoms with Gasteiger partial charge in [0.1, 0.15) is 5.75 Å². The molecule has 0 amide bonds. The minimum Gasteiger partial charge on any atom is -0.491 e. The van der Waals surface area contributed by atoms with Gasteiger partial charge >= 0.3 is 0 Å². The number of nitrogens with zero attached hydrogens (tertiary/aromatic N) is 1. The van der Waals surface area contributed by atoms with Crippen molar-refractivity contribution in [3.05, 3.63) is 18.2 Å². The molecule has 0 spiro atoms. The smallest absolute Gasteiger partial charge is 0.177 e. The number of rotatable bonds is 5. The first-order valence-corrected chi connectivity index (χ1v) is 8.70. The zero-order chi connectivity index (χ0) is 14.8. The number of para-hydroxylation sites is 1. The van der Waals surface area contributed by atoms with E-state index in [1.807, 2.05) is 0 Å². The largest absolute Gasteiger partial charge is 0.491 e. The van der Waals surface area contributed by atoms with Crippen molar-refractivity contribution in [3.63, 3.8) is 0 Å². The van der Waals surface area contributed by atoms with Crippen LogP contribution in [0.1, 0.15) is 19.3 Å². The van der Waals surface area contributed by atoms with E-state index in [2.05, 4.69) is 11.9 Å². The summed E-state index contributed by atoms with van der Waals surface area (Å²) in [5.41, 5.74) is 6.08. The zero-order valence-electron chi connectivity index (χ0n) is 12.0. The van der Waals surface area contributed by atoms with Crippen molar-refractivity contribution in [1.29, 1.82) is 0 Å². The maximum atomic E-state index is 11.6. The molecule has 20 heavy (non-hydrogen) atoms. The fraction of sp³-hybridized carbons (Fsp3) is 0.571. The van der Waals surface area contributed by atoms with Crippen LogP contribution in [0.4, 0.5) is 5.69 Å². The van der Waals surface area contributed by atoms with Crippen molar-refractivity contribution in [2.75, 3.05) is 32.2 Å². The molecule has 1 saturated heterocycles. The molecule has 6 heteroatoms. The first-order valence-electron chi connectivity index (χ1n) is 6.81. The molecular formula is C14H22N2O3S. The molecular weight excluding hydrogens is 276 g/mol. The van der Waals surface area contributed by atoms with Gasteiger partial charge in [-0.2, -0.15) is 0 Å². The molecule has 1 aliphatic rings. The van der Waals surface area contributed by atoms with E-state index in [4.69, 9.17) is 10.5 Å². The summed E-state index contributed by atoms with van der Waals surface area (Å²) < 4.78 is 28.8. The van der Waals surface area contributed by atoms with Crippen LogP contribution in [0.3, 0.4) is 0 Å². The minimum absolute atomic E-state index is 0.132. The normalized spacial score (nSPS) is 20.2. The minimum atomic E-state index is -3.32. The van der Waals surface area contributed by atoms with E-state index in [9.17, 15) is 8.42 Å². The summed E-state index contributed by atoms with van der Waals surface area (Å²) in [5.74, 6) is 0.452. The zero-order valence-corrected chi connectivity index (χ0v) is 12.8. The van der Waals surface area contributed by atoms with Crippen LogP contribution in [0, 0.1) is 0 Å². The highest BCUT2D eigenvalue weighted by molar-refractivity contribution is 7.90. The number of likely N-dealkylation sites (tertiary alicyclic amines) is 1. The number of hydrogen-bond acceptors (Lipinski definition) is 5. The molecule has 1 heterocycles. The van der Waals surface area contributed by atoms with Crippen molar-refractivity contribution in [3.8, 4) is 5.75 Å². The molecule has 1 unspecified atom stereocenters. The number of sulfone groups is 1. The van der Waals surface area contributed by atoms with Gasteiger partial charge in [-0.05, 0) is 45.0 Å². The van der Waals surface area contributed by atoms with Crippen LogP contribution in [0.25, 0.3) is 0 Å². The van der Waals surface area contributed by atoms with Gasteiger partial charge < -0.3 is 15.4 Å². The predicted molar refractivity (Wildman–Crippen MR) is 79.7 cm³/mol. The maximum Gasteiger partial charge on any atom is 0.177 e. The van der Waals surface area contributed by atoms with Crippen LogP contribution in [-0.4, -0.2) is 45.8 Å². The first kappa shape index (κ1) is 15.1. The Hall–Kier alpha value is -1.27. The Balaban J connectivity index is 2.00. The number of hydrogen-bond donors (Lipinski definition) is 1. The van der Waals surface area contributed by atoms with Crippen LogP contribution in [-0.2, 0) is 9.84 Å². The molecule has 112 valence electrons. The molecule has 2 rings (SSSR count). The molecule has 5 nitrogen and oxygen atoms in total. The van der Waals surface area contributed by atoms with Gasteiger partial charge in [-0.25, -0.2) is 8.42 Å². The topological polar surface area (TPSA) is 72.6 Å². The van der Waals surface area contributed by atoms with Crippen molar-refractivity contribution < 1.29 is 13.2 Å². The Bertz CT molecular complexity index is 572. The number of nitrogen functional groups attached to an aromatic ring is 1. The Kier molecular flexibility index (Phi) is 4.55. The highest BCUT2D eigenvalue weighted by atomic mass is 32.2. The van der Waals surface area contributed by atoms with Gasteiger partial charge in [-0.15, -0.1) is 0 Å². The van der Waals surface area contributed by atoms with Crippen molar-refractivity contribution in [1.82, 2.24) is 4.90 Å². The van der Waals surface area contributed by atoms with Gasteiger partial charge in [0.05, 0.1) is 17.2 Å². The summed E-state index contributed by atoms with van der Waals surface area (Å²) in [6.45, 7) is 1.68. The summed E-state index contributed by atoms with van der Waals surface area (Å²) >= 11 is 0. The lowest BCUT2D eigenvalue weighted by Gasteiger charge is -2.19. The van der Waals surface area contributed by atoms with E-state index in [1.165, 1.54) is 18.9 Å². The van der Waals surface area contributed by atoms with Crippen molar-refractivity contribution in [2.24, 2.45) is 0 Å². The third-order valence-corrected chi connectivity index (χ3v) is 4.96. The molecule has 1 aliphatic heterocycles. The van der Waals surface area contributed by atoms with Crippen LogP contribution in [0.5, 0.6) is 5.75 Å². The van der Waals surface area contributed by atoms with E-state index in [1.54, 1.807) is 12.1 Å². The van der Waals surface area contributed by atoms with E-state index < -0.39 is 9.84 Å². The summed E-state index contributed by atoms with van der Waals surface area (Å²) in [4.78, 5) is 2.47. The predicted octanol–water partition coefficient (Wildman–Crippen LogP) is 1.54. The van der Waals surface area contributed by atoms with Crippen LogP contribution in [0.15, 0.2) is 23.1 Å². The van der Waals surface area contributed by atoms with Crippen molar-refractivity contribution in [2.45, 2.75) is 30.2 Å². The van der Waals surface area contributed by atoms with Gasteiger partial charge in [-0.1, -0.05) is 6.07 Å². The third kappa shape index (κ3) is 3.43. The first-order chi connectivity index (χ1) is 9.39. The van der Waals surface area contributed by atoms with E-state index >= 15 is 0 Å². The average molecular weight is 298 g/mol. The monoisotopic (exact) mass is 298 g/mol. The van der Waals surface area contributed by atoms with Gasteiger partial charge in [-0.3, -0.25) is 0 Å². The van der Waals surface area contributed by atoms with Crippen LogP contribution in [0.2, 0.25) is 0 Å². The van der Waals surface area contributed by atoms with Crippen LogP contribution >= 0.6 is 0 Å². The van der Waals surface area contributed by atoms with Gasteiger partial charge in [0.2, 0.25) is 0 Å². The highest BCUT2D eigenvalue weighted by Gasteiger charge is 2.21. The molecule has 0 saturated carbocycles. The maximum absolute atomic E-state index is 11.6. The average Bonchev–Trinajstić information content (AvgIpc) is 2.76.